The number of benzene rings is 1. The van der Waals surface area contributed by atoms with Gasteiger partial charge in [-0.25, -0.2) is 4.79 Å². The van der Waals surface area contributed by atoms with Gasteiger partial charge in [0, 0.05) is 12.0 Å². The average Bonchev–Trinajstić information content (AvgIpc) is 2.99. The number of furan rings is 1. The number of carbonyl (C=O) groups excluding carboxylic acids is 2. The van der Waals surface area contributed by atoms with Gasteiger partial charge in [0.2, 0.25) is 0 Å². The van der Waals surface area contributed by atoms with Crippen LogP contribution in [-0.4, -0.2) is 25.1 Å². The van der Waals surface area contributed by atoms with E-state index in [1.54, 1.807) is 6.92 Å². The van der Waals surface area contributed by atoms with Gasteiger partial charge in [-0.15, -0.1) is 0 Å². The van der Waals surface area contributed by atoms with E-state index in [0.717, 1.165) is 11.3 Å². The Bertz CT molecular complexity index is 721. The summed E-state index contributed by atoms with van der Waals surface area (Å²) in [5.74, 6) is 0.323. The fraction of sp³-hybridized carbons (Fsp3) is 0.294. The minimum atomic E-state index is -0.571. The third-order valence-corrected chi connectivity index (χ3v) is 3.71. The zero-order valence-corrected chi connectivity index (χ0v) is 12.7. The number of para-hydroxylation sites is 1. The van der Waals surface area contributed by atoms with Gasteiger partial charge in [-0.05, 0) is 19.1 Å². The lowest BCUT2D eigenvalue weighted by Gasteiger charge is -2.26. The van der Waals surface area contributed by atoms with Crippen molar-refractivity contribution in [3.05, 3.63) is 53.5 Å². The summed E-state index contributed by atoms with van der Waals surface area (Å²) in [7, 11) is 0. The number of hydrogen-bond donors (Lipinski definition) is 1. The number of esters is 1. The second-order valence-corrected chi connectivity index (χ2v) is 5.26. The van der Waals surface area contributed by atoms with Gasteiger partial charge in [-0.2, -0.15) is 0 Å². The van der Waals surface area contributed by atoms with E-state index >= 15 is 0 Å². The van der Waals surface area contributed by atoms with Gasteiger partial charge in [0.05, 0.1) is 18.9 Å². The van der Waals surface area contributed by atoms with E-state index in [2.05, 4.69) is 5.32 Å². The molecule has 0 bridgehead atoms. The zero-order valence-electron chi connectivity index (χ0n) is 12.7. The maximum Gasteiger partial charge on any atom is 0.342 e. The number of hydrogen-bond acceptors (Lipinski definition) is 5. The molecule has 6 nitrogen and oxygen atoms in total. The first-order chi connectivity index (χ1) is 11.1. The number of ether oxygens (including phenoxy) is 2. The zero-order chi connectivity index (χ0) is 16.2. The van der Waals surface area contributed by atoms with Crippen LogP contribution in [0.25, 0.3) is 0 Å². The number of carbonyl (C=O) groups is 2. The van der Waals surface area contributed by atoms with E-state index in [1.807, 2.05) is 24.3 Å². The molecule has 0 fully saturated rings. The lowest BCUT2D eigenvalue weighted by atomic mass is 10.0. The second kappa shape index (κ2) is 6.56. The lowest BCUT2D eigenvalue weighted by Crippen LogP contribution is -2.35. The first-order valence-corrected chi connectivity index (χ1v) is 7.37. The van der Waals surface area contributed by atoms with Crippen molar-refractivity contribution in [1.29, 1.82) is 0 Å². The van der Waals surface area contributed by atoms with Gasteiger partial charge < -0.3 is 19.2 Å². The summed E-state index contributed by atoms with van der Waals surface area (Å²) in [6.07, 6.45) is 2.09. The second-order valence-electron chi connectivity index (χ2n) is 5.26. The number of nitrogens with one attached hydrogen (secondary N) is 1. The van der Waals surface area contributed by atoms with Crippen LogP contribution in [0.1, 0.15) is 34.1 Å². The number of amides is 1. The van der Waals surface area contributed by atoms with E-state index < -0.39 is 5.97 Å². The van der Waals surface area contributed by atoms with Crippen LogP contribution in [0.2, 0.25) is 0 Å². The van der Waals surface area contributed by atoms with E-state index in [1.165, 1.54) is 12.3 Å². The molecule has 1 aliphatic heterocycles. The fourth-order valence-corrected chi connectivity index (χ4v) is 2.53. The summed E-state index contributed by atoms with van der Waals surface area (Å²) in [4.78, 5) is 23.9. The Kier molecular flexibility index (Phi) is 4.32. The van der Waals surface area contributed by atoms with Crippen molar-refractivity contribution in [2.45, 2.75) is 19.4 Å². The van der Waals surface area contributed by atoms with Crippen molar-refractivity contribution in [1.82, 2.24) is 5.32 Å². The van der Waals surface area contributed by atoms with Crippen molar-refractivity contribution in [3.8, 4) is 5.75 Å². The SMILES string of the molecule is Cc1occc1C(=O)OCC(=O)N[C@@H]1CCOc2ccccc21. The van der Waals surface area contributed by atoms with Gasteiger partial charge in [0.1, 0.15) is 17.1 Å². The Labute approximate surface area is 133 Å². The van der Waals surface area contributed by atoms with Gasteiger partial charge in [-0.1, -0.05) is 18.2 Å². The largest absolute Gasteiger partial charge is 0.493 e. The van der Waals surface area contributed by atoms with Crippen molar-refractivity contribution < 1.29 is 23.5 Å². The van der Waals surface area contributed by atoms with E-state index in [4.69, 9.17) is 13.9 Å². The Morgan fingerprint density at radius 3 is 2.91 bits per heavy atom. The standard InChI is InChI=1S/C17H17NO5/c1-11-12(6-8-21-11)17(20)23-10-16(19)18-14-7-9-22-15-5-3-2-4-13(14)15/h2-6,8,14H,7,9-10H2,1H3,(H,18,19)/t14-/m1/s1. The fourth-order valence-electron chi connectivity index (χ4n) is 2.53. The molecule has 2 heterocycles. The van der Waals surface area contributed by atoms with Crippen molar-refractivity contribution in [2.75, 3.05) is 13.2 Å². The molecule has 0 spiro atoms. The molecule has 1 aliphatic rings. The topological polar surface area (TPSA) is 77.8 Å². The molecule has 2 aromatic rings. The van der Waals surface area contributed by atoms with Crippen LogP contribution in [0.15, 0.2) is 41.0 Å². The lowest BCUT2D eigenvalue weighted by molar-refractivity contribution is -0.125. The van der Waals surface area contributed by atoms with Gasteiger partial charge in [-0.3, -0.25) is 4.79 Å². The highest BCUT2D eigenvalue weighted by molar-refractivity contribution is 5.92. The summed E-state index contributed by atoms with van der Waals surface area (Å²) >= 11 is 0. The van der Waals surface area contributed by atoms with Crippen molar-refractivity contribution >= 4 is 11.9 Å². The molecule has 1 N–H and O–H groups in total. The van der Waals surface area contributed by atoms with Gasteiger partial charge >= 0.3 is 5.97 Å². The molecular formula is C17H17NO5. The van der Waals surface area contributed by atoms with Crippen molar-refractivity contribution in [2.24, 2.45) is 0 Å². The quantitative estimate of drug-likeness (QED) is 0.877. The predicted octanol–water partition coefficient (Wildman–Crippen LogP) is 2.38. The summed E-state index contributed by atoms with van der Waals surface area (Å²) in [5.41, 5.74) is 1.26. The molecule has 1 atom stereocenters. The van der Waals surface area contributed by atoms with Crippen LogP contribution in [0.4, 0.5) is 0 Å². The minimum absolute atomic E-state index is 0.137. The third-order valence-electron chi connectivity index (χ3n) is 3.71. The molecule has 3 rings (SSSR count). The molecule has 1 aromatic heterocycles. The first kappa shape index (κ1) is 15.1. The van der Waals surface area contributed by atoms with Crippen LogP contribution < -0.4 is 10.1 Å². The van der Waals surface area contributed by atoms with Gasteiger partial charge in [0.15, 0.2) is 6.61 Å². The number of aryl methyl sites for hydroxylation is 1. The van der Waals surface area contributed by atoms with Gasteiger partial charge in [0.25, 0.3) is 5.91 Å². The van der Waals surface area contributed by atoms with Crippen LogP contribution in [0, 0.1) is 6.92 Å². The van der Waals surface area contributed by atoms with Crippen LogP contribution in [0.3, 0.4) is 0 Å². The molecule has 1 aromatic carbocycles. The van der Waals surface area contributed by atoms with Crippen LogP contribution in [-0.2, 0) is 9.53 Å². The maximum atomic E-state index is 12.0. The maximum absolute atomic E-state index is 12.0. The Morgan fingerprint density at radius 2 is 2.13 bits per heavy atom. The monoisotopic (exact) mass is 315 g/mol. The summed E-state index contributed by atoms with van der Waals surface area (Å²) in [6.45, 7) is 1.87. The molecule has 120 valence electrons. The Morgan fingerprint density at radius 1 is 1.30 bits per heavy atom. The molecule has 0 saturated carbocycles. The summed E-state index contributed by atoms with van der Waals surface area (Å²) in [6, 6.07) is 8.95. The summed E-state index contributed by atoms with van der Waals surface area (Å²) in [5, 5.41) is 2.87. The third kappa shape index (κ3) is 3.36. The Hall–Kier alpha value is -2.76. The highest BCUT2D eigenvalue weighted by atomic mass is 16.5. The minimum Gasteiger partial charge on any atom is -0.493 e. The first-order valence-electron chi connectivity index (χ1n) is 7.37. The van der Waals surface area contributed by atoms with Crippen LogP contribution in [0.5, 0.6) is 5.75 Å². The smallest absolute Gasteiger partial charge is 0.342 e. The van der Waals surface area contributed by atoms with E-state index in [9.17, 15) is 9.59 Å². The van der Waals surface area contributed by atoms with E-state index in [0.29, 0.717) is 24.4 Å². The molecule has 6 heteroatoms. The molecule has 0 radical (unpaired) electrons. The summed E-state index contributed by atoms with van der Waals surface area (Å²) < 4.78 is 15.6. The average molecular weight is 315 g/mol. The molecule has 0 saturated heterocycles. The van der Waals surface area contributed by atoms with Crippen molar-refractivity contribution in [3.63, 3.8) is 0 Å². The van der Waals surface area contributed by atoms with Crippen LogP contribution >= 0.6 is 0 Å². The highest BCUT2D eigenvalue weighted by Gasteiger charge is 2.23. The molecule has 0 unspecified atom stereocenters. The molecule has 23 heavy (non-hydrogen) atoms. The molecule has 0 aliphatic carbocycles. The molecular weight excluding hydrogens is 298 g/mol. The Balaban J connectivity index is 1.56. The molecule has 1 amide bonds. The number of fused-ring (bicyclic) bond motifs is 1. The predicted molar refractivity (Wildman–Crippen MR) is 81.2 cm³/mol. The highest BCUT2D eigenvalue weighted by Crippen LogP contribution is 2.31. The van der Waals surface area contributed by atoms with E-state index in [-0.39, 0.29) is 18.6 Å². The number of rotatable bonds is 4. The normalized spacial score (nSPS) is 16.1.